The molecule has 1 N–H and O–H groups in total. The number of tetrazole rings is 1. The van der Waals surface area contributed by atoms with Crippen molar-refractivity contribution in [2.45, 2.75) is 12.8 Å². The van der Waals surface area contributed by atoms with Crippen molar-refractivity contribution in [3.8, 4) is 5.75 Å². The first-order valence-electron chi connectivity index (χ1n) is 6.89. The molecule has 0 bridgehead atoms. The van der Waals surface area contributed by atoms with E-state index in [-0.39, 0.29) is 0 Å². The maximum atomic E-state index is 5.63. The first-order chi connectivity index (χ1) is 10.4. The summed E-state index contributed by atoms with van der Waals surface area (Å²) in [6.07, 6.45) is 1.98. The molecule has 1 aromatic carbocycles. The molecule has 3 rings (SSSR count). The van der Waals surface area contributed by atoms with Gasteiger partial charge in [0.2, 0.25) is 0 Å². The first kappa shape index (κ1) is 13.3. The van der Waals surface area contributed by atoms with Gasteiger partial charge in [-0.2, -0.15) is 0 Å². The minimum atomic E-state index is 0.636. The highest BCUT2D eigenvalue weighted by molar-refractivity contribution is 5.41. The third-order valence-corrected chi connectivity index (χ3v) is 2.96. The topological polar surface area (TPSA) is 77.2 Å². The van der Waals surface area contributed by atoms with Gasteiger partial charge in [-0.15, -0.1) is 14.8 Å². The Kier molecular flexibility index (Phi) is 4.21. The van der Waals surface area contributed by atoms with Crippen molar-refractivity contribution >= 4 is 11.5 Å². The number of fused-ring (bicyclic) bond motifs is 1. The minimum absolute atomic E-state index is 0.636. The highest BCUT2D eigenvalue weighted by Gasteiger charge is 1.99. The average molecular weight is 284 g/mol. The summed E-state index contributed by atoms with van der Waals surface area (Å²) in [5, 5.41) is 18.6. The highest BCUT2D eigenvalue weighted by atomic mass is 16.5. The van der Waals surface area contributed by atoms with Crippen molar-refractivity contribution in [2.24, 2.45) is 0 Å². The Balaban J connectivity index is 1.36. The number of ether oxygens (including phenoxy) is 1. The van der Waals surface area contributed by atoms with Crippen molar-refractivity contribution in [3.05, 3.63) is 42.5 Å². The molecule has 0 saturated heterocycles. The van der Waals surface area contributed by atoms with E-state index in [9.17, 15) is 0 Å². The van der Waals surface area contributed by atoms with Crippen LogP contribution in [0.1, 0.15) is 12.8 Å². The lowest BCUT2D eigenvalue weighted by Crippen LogP contribution is -2.07. The van der Waals surface area contributed by atoms with E-state index in [1.165, 1.54) is 4.63 Å². The first-order valence-corrected chi connectivity index (χ1v) is 6.89. The Morgan fingerprint density at radius 2 is 1.95 bits per heavy atom. The molecule has 0 fully saturated rings. The third kappa shape index (κ3) is 3.65. The van der Waals surface area contributed by atoms with E-state index < -0.39 is 0 Å². The predicted molar refractivity (Wildman–Crippen MR) is 78.2 cm³/mol. The van der Waals surface area contributed by atoms with Crippen LogP contribution in [0.25, 0.3) is 5.65 Å². The number of hydrogen-bond donors (Lipinski definition) is 1. The number of nitrogens with zero attached hydrogens (tertiary/aromatic N) is 5. The second kappa shape index (κ2) is 6.65. The summed E-state index contributed by atoms with van der Waals surface area (Å²) >= 11 is 0. The average Bonchev–Trinajstić information content (AvgIpc) is 2.99. The largest absolute Gasteiger partial charge is 0.494 e. The van der Waals surface area contributed by atoms with Crippen molar-refractivity contribution < 1.29 is 4.74 Å². The monoisotopic (exact) mass is 284 g/mol. The number of nitrogens with one attached hydrogen (secondary N) is 1. The van der Waals surface area contributed by atoms with Gasteiger partial charge in [-0.3, -0.25) is 0 Å². The zero-order chi connectivity index (χ0) is 14.3. The standard InChI is InChI=1S/C14H16N6O/c1-2-6-12(7-3-1)21-11-5-4-10-15-13-8-9-14-16-18-19-20(14)17-13/h1-3,6-9H,4-5,10-11H2,(H,15,17). The molecule has 0 radical (unpaired) electrons. The summed E-state index contributed by atoms with van der Waals surface area (Å²) in [6, 6.07) is 13.5. The van der Waals surface area contributed by atoms with Crippen molar-refractivity contribution in [2.75, 3.05) is 18.5 Å². The van der Waals surface area contributed by atoms with Crippen LogP contribution in [0, 0.1) is 0 Å². The van der Waals surface area contributed by atoms with E-state index in [1.807, 2.05) is 42.5 Å². The molecule has 0 atom stereocenters. The van der Waals surface area contributed by atoms with Gasteiger partial charge < -0.3 is 10.1 Å². The van der Waals surface area contributed by atoms with Gasteiger partial charge in [-0.05, 0) is 47.5 Å². The Morgan fingerprint density at radius 1 is 1.05 bits per heavy atom. The van der Waals surface area contributed by atoms with Crippen LogP contribution in [-0.4, -0.2) is 38.4 Å². The molecule has 0 aliphatic carbocycles. The van der Waals surface area contributed by atoms with Crippen LogP contribution in [0.2, 0.25) is 0 Å². The van der Waals surface area contributed by atoms with Gasteiger partial charge in [0.15, 0.2) is 5.65 Å². The summed E-state index contributed by atoms with van der Waals surface area (Å²) in [5.41, 5.74) is 0.636. The fourth-order valence-electron chi connectivity index (χ4n) is 1.89. The second-order valence-electron chi connectivity index (χ2n) is 4.54. The minimum Gasteiger partial charge on any atom is -0.494 e. The fourth-order valence-corrected chi connectivity index (χ4v) is 1.89. The molecule has 0 saturated carbocycles. The van der Waals surface area contributed by atoms with E-state index in [4.69, 9.17) is 4.74 Å². The number of aromatic nitrogens is 5. The van der Waals surface area contributed by atoms with Crippen LogP contribution in [0.4, 0.5) is 5.82 Å². The lowest BCUT2D eigenvalue weighted by Gasteiger charge is -2.07. The molecule has 0 spiro atoms. The van der Waals surface area contributed by atoms with Crippen molar-refractivity contribution in [3.63, 3.8) is 0 Å². The maximum absolute atomic E-state index is 5.63. The molecule has 7 heteroatoms. The van der Waals surface area contributed by atoms with Gasteiger partial charge in [-0.1, -0.05) is 18.2 Å². The predicted octanol–water partition coefficient (Wildman–Crippen LogP) is 1.79. The molecule has 0 unspecified atom stereocenters. The van der Waals surface area contributed by atoms with Crippen molar-refractivity contribution in [1.82, 2.24) is 25.3 Å². The van der Waals surface area contributed by atoms with Crippen LogP contribution in [0.5, 0.6) is 5.75 Å². The molecular formula is C14H16N6O. The number of benzene rings is 1. The van der Waals surface area contributed by atoms with Gasteiger partial charge in [-0.25, -0.2) is 0 Å². The zero-order valence-corrected chi connectivity index (χ0v) is 11.5. The zero-order valence-electron chi connectivity index (χ0n) is 11.5. The molecule has 108 valence electrons. The number of hydrogen-bond acceptors (Lipinski definition) is 6. The van der Waals surface area contributed by atoms with Gasteiger partial charge in [0, 0.05) is 6.54 Å². The molecule has 0 amide bonds. The van der Waals surface area contributed by atoms with E-state index >= 15 is 0 Å². The number of para-hydroxylation sites is 1. The molecule has 7 nitrogen and oxygen atoms in total. The van der Waals surface area contributed by atoms with E-state index in [0.29, 0.717) is 12.3 Å². The Labute approximate surface area is 121 Å². The third-order valence-electron chi connectivity index (χ3n) is 2.96. The van der Waals surface area contributed by atoms with Crippen LogP contribution in [-0.2, 0) is 0 Å². The summed E-state index contributed by atoms with van der Waals surface area (Å²) in [6.45, 7) is 1.55. The summed E-state index contributed by atoms with van der Waals surface area (Å²) in [5.74, 6) is 1.68. The molecular weight excluding hydrogens is 268 g/mol. The van der Waals surface area contributed by atoms with Crippen LogP contribution < -0.4 is 10.1 Å². The number of anilines is 1. The van der Waals surface area contributed by atoms with E-state index in [1.54, 1.807) is 0 Å². The molecule has 21 heavy (non-hydrogen) atoms. The van der Waals surface area contributed by atoms with Crippen LogP contribution >= 0.6 is 0 Å². The van der Waals surface area contributed by atoms with Crippen LogP contribution in [0.15, 0.2) is 42.5 Å². The van der Waals surface area contributed by atoms with Gasteiger partial charge in [0.05, 0.1) is 6.61 Å². The summed E-state index contributed by atoms with van der Waals surface area (Å²) < 4.78 is 7.04. The van der Waals surface area contributed by atoms with E-state index in [2.05, 4.69) is 25.9 Å². The normalized spacial score (nSPS) is 10.7. The second-order valence-corrected chi connectivity index (χ2v) is 4.54. The lowest BCUT2D eigenvalue weighted by molar-refractivity contribution is 0.308. The smallest absolute Gasteiger partial charge is 0.200 e. The van der Waals surface area contributed by atoms with Gasteiger partial charge >= 0.3 is 0 Å². The van der Waals surface area contributed by atoms with Gasteiger partial charge in [0.25, 0.3) is 0 Å². The number of unbranched alkanes of at least 4 members (excludes halogenated alkanes) is 1. The van der Waals surface area contributed by atoms with E-state index in [0.717, 1.165) is 31.0 Å². The van der Waals surface area contributed by atoms with Gasteiger partial charge in [0.1, 0.15) is 11.6 Å². The summed E-state index contributed by atoms with van der Waals surface area (Å²) in [4.78, 5) is 0. The maximum Gasteiger partial charge on any atom is 0.200 e. The SMILES string of the molecule is c1ccc(OCCCCNc2ccc3nnnn3n2)cc1. The van der Waals surface area contributed by atoms with Crippen molar-refractivity contribution in [1.29, 1.82) is 0 Å². The Bertz CT molecular complexity index is 684. The Morgan fingerprint density at radius 3 is 2.86 bits per heavy atom. The highest BCUT2D eigenvalue weighted by Crippen LogP contribution is 2.09. The molecule has 0 aliphatic rings. The fraction of sp³-hybridized carbons (Fsp3) is 0.286. The Hall–Kier alpha value is -2.70. The van der Waals surface area contributed by atoms with Crippen LogP contribution in [0.3, 0.4) is 0 Å². The quantitative estimate of drug-likeness (QED) is 0.666. The molecule has 0 aliphatic heterocycles. The lowest BCUT2D eigenvalue weighted by atomic mass is 10.3. The number of rotatable bonds is 7. The molecule has 3 aromatic rings. The molecule has 2 heterocycles. The molecule has 2 aromatic heterocycles. The summed E-state index contributed by atoms with van der Waals surface area (Å²) in [7, 11) is 0.